The van der Waals surface area contributed by atoms with Crippen molar-refractivity contribution in [1.29, 1.82) is 0 Å². The van der Waals surface area contributed by atoms with E-state index < -0.39 is 23.8 Å². The van der Waals surface area contributed by atoms with Gasteiger partial charge in [0.1, 0.15) is 6.54 Å². The number of hydrogen-bond acceptors (Lipinski definition) is 5. The summed E-state index contributed by atoms with van der Waals surface area (Å²) in [6.07, 6.45) is 0. The van der Waals surface area contributed by atoms with E-state index in [0.717, 1.165) is 22.4 Å². The molecule has 0 bridgehead atoms. The van der Waals surface area contributed by atoms with Crippen molar-refractivity contribution in [2.45, 2.75) is 26.9 Å². The summed E-state index contributed by atoms with van der Waals surface area (Å²) < 4.78 is 3.78. The number of aryl methyl sites for hydroxylation is 2. The zero-order valence-corrected chi connectivity index (χ0v) is 15.9. The van der Waals surface area contributed by atoms with Crippen LogP contribution in [0.5, 0.6) is 0 Å². The lowest BCUT2D eigenvalue weighted by molar-refractivity contribution is -0.137. The number of hydrogen-bond donors (Lipinski definition) is 1. The summed E-state index contributed by atoms with van der Waals surface area (Å²) in [5.74, 6) is -0.430. The van der Waals surface area contributed by atoms with Crippen LogP contribution in [0.3, 0.4) is 0 Å². The Kier molecular flexibility index (Phi) is 4.10. The number of carboxylic acids is 1. The lowest BCUT2D eigenvalue weighted by atomic mass is 10.1. The summed E-state index contributed by atoms with van der Waals surface area (Å²) in [5.41, 5.74) is 1.26. The van der Waals surface area contributed by atoms with Gasteiger partial charge in [-0.15, -0.1) is 0 Å². The van der Waals surface area contributed by atoms with Gasteiger partial charge in [0, 0.05) is 25.8 Å². The Morgan fingerprint density at radius 2 is 2.04 bits per heavy atom. The summed E-state index contributed by atoms with van der Waals surface area (Å²) in [7, 11) is 1.50. The third-order valence-electron chi connectivity index (χ3n) is 5.05. The third-order valence-corrected chi connectivity index (χ3v) is 5.05. The highest BCUT2D eigenvalue weighted by Gasteiger charge is 2.30. The van der Waals surface area contributed by atoms with Crippen LogP contribution in [-0.2, 0) is 24.9 Å². The molecule has 3 heterocycles. The smallest absolute Gasteiger partial charge is 0.333 e. The molecule has 9 heteroatoms. The van der Waals surface area contributed by atoms with Crippen molar-refractivity contribution in [3.8, 4) is 0 Å². The van der Waals surface area contributed by atoms with E-state index in [0.29, 0.717) is 12.5 Å². The van der Waals surface area contributed by atoms with E-state index in [1.165, 1.54) is 11.6 Å². The number of aliphatic carboxylic acids is 1. The summed E-state index contributed by atoms with van der Waals surface area (Å²) in [6.45, 7) is 4.70. The minimum atomic E-state index is -1.24. The molecular formula is C19H21N5O4. The first-order valence-corrected chi connectivity index (χ1v) is 9.04. The quantitative estimate of drug-likeness (QED) is 0.726. The Morgan fingerprint density at radius 3 is 2.71 bits per heavy atom. The molecule has 1 aromatic carbocycles. The first-order valence-electron chi connectivity index (χ1n) is 9.04. The number of nitrogens with zero attached hydrogens (tertiary/aromatic N) is 5. The summed E-state index contributed by atoms with van der Waals surface area (Å²) in [6, 6.07) is 8.00. The molecule has 0 saturated carbocycles. The van der Waals surface area contributed by atoms with Crippen molar-refractivity contribution in [3.05, 3.63) is 50.7 Å². The number of imidazole rings is 1. The summed E-state index contributed by atoms with van der Waals surface area (Å²) in [4.78, 5) is 43.3. The molecule has 0 aliphatic carbocycles. The molecule has 0 unspecified atom stereocenters. The van der Waals surface area contributed by atoms with Gasteiger partial charge >= 0.3 is 11.7 Å². The van der Waals surface area contributed by atoms with Crippen LogP contribution in [0.25, 0.3) is 11.2 Å². The van der Waals surface area contributed by atoms with Crippen LogP contribution in [0.4, 0.5) is 11.6 Å². The zero-order valence-electron chi connectivity index (χ0n) is 15.9. The zero-order chi connectivity index (χ0) is 20.2. The molecule has 9 nitrogen and oxygen atoms in total. The number of carboxylic acid groups (broad SMARTS) is 1. The minimum Gasteiger partial charge on any atom is -0.480 e. The second-order valence-electron chi connectivity index (χ2n) is 7.38. The molecule has 0 fully saturated rings. The second-order valence-corrected chi connectivity index (χ2v) is 7.38. The van der Waals surface area contributed by atoms with E-state index in [4.69, 9.17) is 5.11 Å². The van der Waals surface area contributed by atoms with Crippen LogP contribution in [0.15, 0.2) is 33.9 Å². The number of aromatic nitrogens is 4. The average Bonchev–Trinajstić information content (AvgIpc) is 3.02. The Balaban J connectivity index is 2.02. The number of benzene rings is 1. The largest absolute Gasteiger partial charge is 0.480 e. The molecule has 1 aliphatic rings. The number of rotatable bonds is 3. The van der Waals surface area contributed by atoms with Crippen LogP contribution >= 0.6 is 0 Å². The third kappa shape index (κ3) is 2.70. The number of carbonyl (C=O) groups is 1. The average molecular weight is 383 g/mol. The van der Waals surface area contributed by atoms with Crippen LogP contribution in [0, 0.1) is 12.8 Å². The van der Waals surface area contributed by atoms with Gasteiger partial charge < -0.3 is 14.6 Å². The van der Waals surface area contributed by atoms with Gasteiger partial charge in [-0.05, 0) is 30.5 Å². The maximum atomic E-state index is 13.0. The lowest BCUT2D eigenvalue weighted by Gasteiger charge is -2.33. The predicted molar refractivity (Wildman–Crippen MR) is 104 cm³/mol. The fourth-order valence-electron chi connectivity index (χ4n) is 3.79. The normalized spacial score (nSPS) is 16.4. The summed E-state index contributed by atoms with van der Waals surface area (Å²) >= 11 is 0. The van der Waals surface area contributed by atoms with Crippen LogP contribution in [0.2, 0.25) is 0 Å². The van der Waals surface area contributed by atoms with Gasteiger partial charge in [0.15, 0.2) is 11.2 Å². The van der Waals surface area contributed by atoms with E-state index >= 15 is 0 Å². The monoisotopic (exact) mass is 383 g/mol. The van der Waals surface area contributed by atoms with Gasteiger partial charge in [-0.2, -0.15) is 4.98 Å². The van der Waals surface area contributed by atoms with Gasteiger partial charge in [-0.1, -0.05) is 19.1 Å². The van der Waals surface area contributed by atoms with Crippen molar-refractivity contribution >= 4 is 28.8 Å². The Morgan fingerprint density at radius 1 is 1.29 bits per heavy atom. The topological polar surface area (TPSA) is 102 Å². The highest BCUT2D eigenvalue weighted by molar-refractivity contribution is 5.77. The molecule has 0 saturated heterocycles. The molecule has 0 amide bonds. The molecule has 2 aromatic heterocycles. The van der Waals surface area contributed by atoms with Crippen molar-refractivity contribution in [2.75, 3.05) is 11.4 Å². The van der Waals surface area contributed by atoms with Crippen molar-refractivity contribution < 1.29 is 9.90 Å². The Hall–Kier alpha value is -3.36. The van der Waals surface area contributed by atoms with E-state index in [-0.39, 0.29) is 17.1 Å². The molecule has 1 N–H and O–H groups in total. The summed E-state index contributed by atoms with van der Waals surface area (Å²) in [5, 5.41) is 9.09. The molecule has 3 aromatic rings. The van der Waals surface area contributed by atoms with Gasteiger partial charge in [-0.3, -0.25) is 14.2 Å². The van der Waals surface area contributed by atoms with Crippen molar-refractivity contribution in [2.24, 2.45) is 13.0 Å². The maximum absolute atomic E-state index is 13.0. The van der Waals surface area contributed by atoms with E-state index in [1.807, 2.05) is 36.1 Å². The fraction of sp³-hybridized carbons (Fsp3) is 0.368. The maximum Gasteiger partial charge on any atom is 0.333 e. The van der Waals surface area contributed by atoms with Gasteiger partial charge in [0.05, 0.1) is 0 Å². The molecule has 28 heavy (non-hydrogen) atoms. The molecule has 146 valence electrons. The first kappa shape index (κ1) is 18.0. The standard InChI is InChI=1S/C19H21N5O4/c1-11-5-4-6-13(7-11)22-8-12(2)9-23-15-16(20-18(22)23)21(3)19(28)24(17(15)27)10-14(25)26/h4-7,12H,8-10H2,1-3H3,(H,25,26)/t12-/m0/s1. The van der Waals surface area contributed by atoms with Crippen LogP contribution in [-0.4, -0.2) is 36.3 Å². The van der Waals surface area contributed by atoms with Crippen molar-refractivity contribution in [3.63, 3.8) is 0 Å². The lowest BCUT2D eigenvalue weighted by Crippen LogP contribution is -2.41. The van der Waals surface area contributed by atoms with Crippen molar-refractivity contribution in [1.82, 2.24) is 18.7 Å². The highest BCUT2D eigenvalue weighted by atomic mass is 16.4. The van der Waals surface area contributed by atoms with E-state index in [2.05, 4.69) is 11.9 Å². The van der Waals surface area contributed by atoms with Gasteiger partial charge in [-0.25, -0.2) is 9.36 Å². The van der Waals surface area contributed by atoms with Crippen LogP contribution in [0.1, 0.15) is 12.5 Å². The molecule has 1 aliphatic heterocycles. The molecule has 1 atom stereocenters. The fourth-order valence-corrected chi connectivity index (χ4v) is 3.79. The first-order chi connectivity index (χ1) is 13.3. The second kappa shape index (κ2) is 6.36. The number of anilines is 2. The SMILES string of the molecule is Cc1cccc(N2C[C@H](C)Cn3c2nc2c3c(=O)n(CC(=O)O)c(=O)n2C)c1. The highest BCUT2D eigenvalue weighted by Crippen LogP contribution is 2.33. The molecule has 0 radical (unpaired) electrons. The minimum absolute atomic E-state index is 0.231. The Bertz CT molecular complexity index is 1220. The number of fused-ring (bicyclic) bond motifs is 3. The van der Waals surface area contributed by atoms with Crippen LogP contribution < -0.4 is 16.1 Å². The molecule has 4 rings (SSSR count). The van der Waals surface area contributed by atoms with E-state index in [1.54, 1.807) is 4.57 Å². The predicted octanol–water partition coefficient (Wildman–Crippen LogP) is 1.08. The van der Waals surface area contributed by atoms with Gasteiger partial charge in [0.25, 0.3) is 5.56 Å². The molecule has 0 spiro atoms. The van der Waals surface area contributed by atoms with E-state index in [9.17, 15) is 14.4 Å². The molecular weight excluding hydrogens is 362 g/mol. The van der Waals surface area contributed by atoms with Gasteiger partial charge in [0.2, 0.25) is 5.95 Å². The Labute approximate surface area is 160 Å².